The number of nitrogens with one attached hydrogen (secondary N) is 1. The Bertz CT molecular complexity index is 1180. The van der Waals surface area contributed by atoms with Gasteiger partial charge in [0.15, 0.2) is 16.1 Å². The number of aryl methyl sites for hydroxylation is 1. The minimum absolute atomic E-state index is 0.113. The maximum atomic E-state index is 12.5. The van der Waals surface area contributed by atoms with Crippen molar-refractivity contribution in [2.75, 3.05) is 25.2 Å². The number of anilines is 1. The van der Waals surface area contributed by atoms with Gasteiger partial charge in [-0.15, -0.1) is 16.8 Å². The molecule has 0 atom stereocenters. The Labute approximate surface area is 213 Å². The second-order valence-corrected chi connectivity index (χ2v) is 10.2. The van der Waals surface area contributed by atoms with Crippen LogP contribution in [0.15, 0.2) is 42.1 Å². The molecule has 0 radical (unpaired) electrons. The average molecular weight is 515 g/mol. The quantitative estimate of drug-likeness (QED) is 0.299. The van der Waals surface area contributed by atoms with Crippen LogP contribution in [0.25, 0.3) is 0 Å². The van der Waals surface area contributed by atoms with Crippen molar-refractivity contribution in [2.24, 2.45) is 0 Å². The van der Waals surface area contributed by atoms with Crippen LogP contribution < -0.4 is 10.1 Å². The largest absolute Gasteiger partial charge is 0.486 e. The number of carbonyl (C=O) groups excluding carboxylic acids is 2. The van der Waals surface area contributed by atoms with Gasteiger partial charge >= 0.3 is 0 Å². The van der Waals surface area contributed by atoms with Crippen LogP contribution in [0.2, 0.25) is 0 Å². The Kier molecular flexibility index (Phi) is 9.05. The van der Waals surface area contributed by atoms with E-state index in [1.165, 1.54) is 22.2 Å². The van der Waals surface area contributed by atoms with Crippen molar-refractivity contribution in [3.05, 3.63) is 58.9 Å². The summed E-state index contributed by atoms with van der Waals surface area (Å²) in [4.78, 5) is 31.0. The Balaban J connectivity index is 1.60. The van der Waals surface area contributed by atoms with Gasteiger partial charge in [0.25, 0.3) is 5.91 Å². The maximum absolute atomic E-state index is 12.5. The van der Waals surface area contributed by atoms with E-state index in [2.05, 4.69) is 53.1 Å². The number of thiazole rings is 1. The van der Waals surface area contributed by atoms with E-state index in [9.17, 15) is 9.59 Å². The third kappa shape index (κ3) is 6.92. The number of aromatic nitrogens is 4. The first-order valence-corrected chi connectivity index (χ1v) is 12.9. The second kappa shape index (κ2) is 12.0. The standard InChI is InChI=1S/C24H30N6O3S2/c1-7-12-30-19(13-33-18-10-8-17(9-11-18)15(2)3)27-28-24(30)34-14-20(31)26-23-25-16(4)21(35-23)22(32)29(5)6/h7-11,15H,1,12-14H2,2-6H3,(H,25,26,31). The molecule has 0 bridgehead atoms. The molecule has 0 aliphatic heterocycles. The van der Waals surface area contributed by atoms with E-state index in [0.717, 1.165) is 17.1 Å². The van der Waals surface area contributed by atoms with Crippen LogP contribution in [0, 0.1) is 6.92 Å². The van der Waals surface area contributed by atoms with E-state index in [4.69, 9.17) is 4.74 Å². The molecule has 9 nitrogen and oxygen atoms in total. The molecule has 1 N–H and O–H groups in total. The number of hydrogen-bond donors (Lipinski definition) is 1. The molecule has 0 aliphatic rings. The van der Waals surface area contributed by atoms with E-state index in [1.54, 1.807) is 27.1 Å². The fourth-order valence-electron chi connectivity index (χ4n) is 3.08. The van der Waals surface area contributed by atoms with Gasteiger partial charge in [0.2, 0.25) is 5.91 Å². The van der Waals surface area contributed by atoms with Crippen molar-refractivity contribution in [2.45, 2.75) is 45.0 Å². The summed E-state index contributed by atoms with van der Waals surface area (Å²) in [7, 11) is 3.36. The Hall–Kier alpha value is -3.18. The molecule has 2 heterocycles. The lowest BCUT2D eigenvalue weighted by molar-refractivity contribution is -0.113. The van der Waals surface area contributed by atoms with Crippen molar-refractivity contribution >= 4 is 40.0 Å². The van der Waals surface area contributed by atoms with Crippen molar-refractivity contribution in [1.82, 2.24) is 24.6 Å². The maximum Gasteiger partial charge on any atom is 0.265 e. The van der Waals surface area contributed by atoms with Gasteiger partial charge in [0.05, 0.1) is 11.4 Å². The lowest BCUT2D eigenvalue weighted by Gasteiger charge is -2.10. The van der Waals surface area contributed by atoms with E-state index < -0.39 is 0 Å². The molecule has 2 amide bonds. The summed E-state index contributed by atoms with van der Waals surface area (Å²) in [6, 6.07) is 8.00. The summed E-state index contributed by atoms with van der Waals surface area (Å²) in [5.41, 5.74) is 1.84. The zero-order valence-corrected chi connectivity index (χ0v) is 22.2. The number of benzene rings is 1. The number of thioether (sulfide) groups is 1. The van der Waals surface area contributed by atoms with E-state index >= 15 is 0 Å². The van der Waals surface area contributed by atoms with Crippen LogP contribution in [0.1, 0.15) is 46.5 Å². The first-order chi connectivity index (χ1) is 16.7. The van der Waals surface area contributed by atoms with Gasteiger partial charge in [0.1, 0.15) is 17.2 Å². The molecular weight excluding hydrogens is 484 g/mol. The molecule has 1 aromatic carbocycles. The van der Waals surface area contributed by atoms with Gasteiger partial charge in [-0.05, 0) is 30.5 Å². The molecule has 0 fully saturated rings. The van der Waals surface area contributed by atoms with Crippen molar-refractivity contribution < 1.29 is 14.3 Å². The molecular formula is C24H30N6O3S2. The van der Waals surface area contributed by atoms with Gasteiger partial charge < -0.3 is 15.0 Å². The van der Waals surface area contributed by atoms with Crippen LogP contribution in [0.5, 0.6) is 5.75 Å². The molecule has 0 saturated heterocycles. The average Bonchev–Trinajstić information content (AvgIpc) is 3.38. The summed E-state index contributed by atoms with van der Waals surface area (Å²) >= 11 is 2.42. The minimum atomic E-state index is -0.246. The number of ether oxygens (including phenoxy) is 1. The van der Waals surface area contributed by atoms with Crippen LogP contribution >= 0.6 is 23.1 Å². The number of hydrogen-bond acceptors (Lipinski definition) is 8. The topological polar surface area (TPSA) is 102 Å². The molecule has 0 unspecified atom stereocenters. The molecule has 35 heavy (non-hydrogen) atoms. The molecule has 186 valence electrons. The highest BCUT2D eigenvalue weighted by Crippen LogP contribution is 2.25. The van der Waals surface area contributed by atoms with Crippen molar-refractivity contribution in [3.8, 4) is 5.75 Å². The Morgan fingerprint density at radius 2 is 1.97 bits per heavy atom. The summed E-state index contributed by atoms with van der Waals surface area (Å²) in [6.07, 6.45) is 1.75. The van der Waals surface area contributed by atoms with Crippen molar-refractivity contribution in [1.29, 1.82) is 0 Å². The highest BCUT2D eigenvalue weighted by molar-refractivity contribution is 7.99. The lowest BCUT2D eigenvalue weighted by atomic mass is 10.0. The predicted molar refractivity (Wildman–Crippen MR) is 139 cm³/mol. The minimum Gasteiger partial charge on any atom is -0.486 e. The first-order valence-electron chi connectivity index (χ1n) is 11.1. The number of rotatable bonds is 11. The number of carbonyl (C=O) groups is 2. The first kappa shape index (κ1) is 26.4. The zero-order valence-electron chi connectivity index (χ0n) is 20.6. The molecule has 3 aromatic rings. The highest BCUT2D eigenvalue weighted by atomic mass is 32.2. The van der Waals surface area contributed by atoms with E-state index in [1.807, 2.05) is 16.7 Å². The monoisotopic (exact) mass is 514 g/mol. The van der Waals surface area contributed by atoms with Crippen LogP contribution in [-0.4, -0.2) is 56.3 Å². The number of allylic oxidation sites excluding steroid dienone is 1. The molecule has 11 heteroatoms. The molecule has 0 spiro atoms. The predicted octanol–water partition coefficient (Wildman–Crippen LogP) is 4.36. The van der Waals surface area contributed by atoms with E-state index in [-0.39, 0.29) is 24.2 Å². The normalized spacial score (nSPS) is 10.9. The lowest BCUT2D eigenvalue weighted by Crippen LogP contribution is -2.21. The summed E-state index contributed by atoms with van der Waals surface area (Å²) in [5, 5.41) is 12.2. The van der Waals surface area contributed by atoms with Gasteiger partial charge in [-0.25, -0.2) is 4.98 Å². The summed E-state index contributed by atoms with van der Waals surface area (Å²) in [6.45, 7) is 10.6. The van der Waals surface area contributed by atoms with Crippen LogP contribution in [0.4, 0.5) is 5.13 Å². The van der Waals surface area contributed by atoms with E-state index in [0.29, 0.717) is 39.1 Å². The third-order valence-corrected chi connectivity index (χ3v) is 7.02. The molecule has 3 rings (SSSR count). The van der Waals surface area contributed by atoms with Gasteiger partial charge in [-0.2, -0.15) is 0 Å². The smallest absolute Gasteiger partial charge is 0.265 e. The fourth-order valence-corrected chi connectivity index (χ4v) is 4.85. The summed E-state index contributed by atoms with van der Waals surface area (Å²) in [5.74, 6) is 1.58. The molecule has 2 aromatic heterocycles. The Morgan fingerprint density at radius 3 is 2.60 bits per heavy atom. The second-order valence-electron chi connectivity index (χ2n) is 8.28. The van der Waals surface area contributed by atoms with Gasteiger partial charge in [0, 0.05) is 20.6 Å². The molecule has 0 saturated carbocycles. The zero-order chi connectivity index (χ0) is 25.5. The van der Waals surface area contributed by atoms with Crippen LogP contribution in [-0.2, 0) is 17.9 Å². The van der Waals surface area contributed by atoms with Gasteiger partial charge in [-0.3, -0.25) is 14.2 Å². The van der Waals surface area contributed by atoms with Crippen molar-refractivity contribution in [3.63, 3.8) is 0 Å². The number of nitrogens with zero attached hydrogens (tertiary/aromatic N) is 5. The Morgan fingerprint density at radius 1 is 1.26 bits per heavy atom. The van der Waals surface area contributed by atoms with Crippen LogP contribution in [0.3, 0.4) is 0 Å². The van der Waals surface area contributed by atoms with Gasteiger partial charge in [-0.1, -0.05) is 55.2 Å². The summed E-state index contributed by atoms with van der Waals surface area (Å²) < 4.78 is 7.77. The SMILES string of the molecule is C=CCn1c(COc2ccc(C(C)C)cc2)nnc1SCC(=O)Nc1nc(C)c(C(=O)N(C)C)s1. The fraction of sp³-hybridized carbons (Fsp3) is 0.375. The third-order valence-electron chi connectivity index (χ3n) is 5.00. The molecule has 0 aliphatic carbocycles. The number of amides is 2. The highest BCUT2D eigenvalue weighted by Gasteiger charge is 2.19.